The number of aromatic nitrogens is 2. The van der Waals surface area contributed by atoms with Crippen LogP contribution < -0.4 is 15.8 Å². The van der Waals surface area contributed by atoms with Gasteiger partial charge in [-0.2, -0.15) is 0 Å². The number of allylic oxidation sites excluding steroid dienone is 2. The van der Waals surface area contributed by atoms with Crippen molar-refractivity contribution in [1.82, 2.24) is 14.9 Å². The average Bonchev–Trinajstić information content (AvgIpc) is 3.70. The first-order valence-corrected chi connectivity index (χ1v) is 15.6. The molecule has 2 saturated heterocycles. The molecule has 13 nitrogen and oxygen atoms in total. The number of piperidine rings is 1. The summed E-state index contributed by atoms with van der Waals surface area (Å²) in [6, 6.07) is 7.40. The number of nitrogens with two attached hydrogens (primary N) is 1. The molecule has 3 atom stereocenters. The first-order chi connectivity index (χ1) is 20.7. The summed E-state index contributed by atoms with van der Waals surface area (Å²) in [6.45, 7) is 3.17. The number of H-pyrrole nitrogens is 1. The molecule has 0 saturated carbocycles. The Kier molecular flexibility index (Phi) is 7.66. The maximum absolute atomic E-state index is 14.4. The molecule has 226 valence electrons. The summed E-state index contributed by atoms with van der Waals surface area (Å²) in [4.78, 5) is 31.1. The van der Waals surface area contributed by atoms with Gasteiger partial charge < -0.3 is 25.5 Å². The summed E-state index contributed by atoms with van der Waals surface area (Å²) in [5.74, 6) is -2.30. The number of likely N-dealkylation sites (tertiary alicyclic amines) is 1. The zero-order valence-electron chi connectivity index (χ0n) is 23.2. The number of sulfone groups is 1. The molecule has 0 spiro atoms. The van der Waals surface area contributed by atoms with E-state index in [9.17, 15) is 23.3 Å². The van der Waals surface area contributed by atoms with Crippen LogP contribution in [0.3, 0.4) is 0 Å². The number of carbonyl (C=O) groups excluding carboxylic acids is 1. The summed E-state index contributed by atoms with van der Waals surface area (Å²) in [5, 5.41) is 16.1. The summed E-state index contributed by atoms with van der Waals surface area (Å²) >= 11 is 0. The monoisotopic (exact) mass is 608 g/mol. The van der Waals surface area contributed by atoms with Gasteiger partial charge in [0.1, 0.15) is 23.0 Å². The van der Waals surface area contributed by atoms with Crippen LogP contribution in [0.5, 0.6) is 5.75 Å². The van der Waals surface area contributed by atoms with E-state index in [-0.39, 0.29) is 22.4 Å². The van der Waals surface area contributed by atoms with Gasteiger partial charge in [0.05, 0.1) is 22.6 Å². The number of primary amides is 1. The van der Waals surface area contributed by atoms with Gasteiger partial charge in [-0.3, -0.25) is 19.8 Å². The molecule has 1 amide bonds. The lowest BCUT2D eigenvalue weighted by Crippen LogP contribution is -2.53. The second-order valence-corrected chi connectivity index (χ2v) is 13.1. The molecule has 0 radical (unpaired) electrons. The molecule has 4 heterocycles. The van der Waals surface area contributed by atoms with Crippen LogP contribution >= 0.6 is 0 Å². The van der Waals surface area contributed by atoms with E-state index in [2.05, 4.69) is 20.2 Å². The molecule has 6 rings (SSSR count). The van der Waals surface area contributed by atoms with Gasteiger partial charge >= 0.3 is 0 Å². The largest absolute Gasteiger partial charge is 0.464 e. The van der Waals surface area contributed by atoms with Crippen molar-refractivity contribution in [2.45, 2.75) is 41.2 Å². The van der Waals surface area contributed by atoms with Crippen molar-refractivity contribution in [3.8, 4) is 5.75 Å². The quantitative estimate of drug-likeness (QED) is 0.241. The molecule has 1 aliphatic carbocycles. The van der Waals surface area contributed by atoms with Crippen molar-refractivity contribution >= 4 is 38.2 Å². The van der Waals surface area contributed by atoms with Crippen molar-refractivity contribution in [1.29, 1.82) is 0 Å². The highest BCUT2D eigenvalue weighted by Gasteiger charge is 2.54. The lowest BCUT2D eigenvalue weighted by atomic mass is 9.96. The highest BCUT2D eigenvalue weighted by atomic mass is 32.2. The average molecular weight is 609 g/mol. The molecule has 1 aromatic carbocycles. The topological polar surface area (TPSA) is 183 Å². The maximum Gasteiger partial charge on any atom is 0.293 e. The van der Waals surface area contributed by atoms with Crippen molar-refractivity contribution in [2.75, 3.05) is 31.6 Å². The van der Waals surface area contributed by atoms with Crippen LogP contribution in [0, 0.1) is 16.0 Å². The number of aromatic amines is 1. The fourth-order valence-corrected chi connectivity index (χ4v) is 7.91. The Hall–Kier alpha value is -4.27. The van der Waals surface area contributed by atoms with Gasteiger partial charge in [-0.05, 0) is 49.6 Å². The second-order valence-electron chi connectivity index (χ2n) is 10.9. The predicted octanol–water partition coefficient (Wildman–Crippen LogP) is 2.91. The predicted molar refractivity (Wildman–Crippen MR) is 158 cm³/mol. The highest BCUT2D eigenvalue weighted by molar-refractivity contribution is 7.93. The van der Waals surface area contributed by atoms with Gasteiger partial charge in [0.15, 0.2) is 0 Å². The minimum Gasteiger partial charge on any atom is -0.464 e. The summed E-state index contributed by atoms with van der Waals surface area (Å²) < 4.78 is 40.4. The van der Waals surface area contributed by atoms with E-state index in [0.717, 1.165) is 51.6 Å². The van der Waals surface area contributed by atoms with Crippen LogP contribution in [0.2, 0.25) is 0 Å². The molecule has 3 unspecified atom stereocenters. The number of pyridine rings is 1. The third kappa shape index (κ3) is 5.37. The van der Waals surface area contributed by atoms with Gasteiger partial charge in [-0.1, -0.05) is 18.2 Å². The lowest BCUT2D eigenvalue weighted by molar-refractivity contribution is -0.384. The second kappa shape index (κ2) is 11.4. The normalized spacial score (nSPS) is 24.7. The maximum atomic E-state index is 14.4. The summed E-state index contributed by atoms with van der Waals surface area (Å²) in [7, 11) is -4.63. The smallest absolute Gasteiger partial charge is 0.293 e. The lowest BCUT2D eigenvalue weighted by Gasteiger charge is -2.36. The van der Waals surface area contributed by atoms with Crippen LogP contribution in [0.4, 0.5) is 11.4 Å². The number of ether oxygens (including phenoxy) is 2. The van der Waals surface area contributed by atoms with Crippen molar-refractivity contribution in [3.63, 3.8) is 0 Å². The molecular formula is C29H32N6O7S. The molecule has 43 heavy (non-hydrogen) atoms. The van der Waals surface area contributed by atoms with Gasteiger partial charge in [0.25, 0.3) is 5.69 Å². The van der Waals surface area contributed by atoms with E-state index >= 15 is 0 Å². The molecule has 14 heteroatoms. The van der Waals surface area contributed by atoms with E-state index in [1.165, 1.54) is 42.6 Å². The Labute approximate surface area is 247 Å². The van der Waals surface area contributed by atoms with E-state index in [1.54, 1.807) is 18.3 Å². The number of hydrogen-bond acceptors (Lipinski definition) is 10. The van der Waals surface area contributed by atoms with Gasteiger partial charge in [-0.25, -0.2) is 13.4 Å². The number of nitro benzene ring substituents is 1. The number of carbonyl (C=O) groups is 1. The minimum atomic E-state index is -4.63. The Morgan fingerprint density at radius 1 is 1.21 bits per heavy atom. The van der Waals surface area contributed by atoms with Gasteiger partial charge in [0, 0.05) is 49.4 Å². The first-order valence-electron chi connectivity index (χ1n) is 14.1. The first kappa shape index (κ1) is 28.8. The minimum absolute atomic E-state index is 0.0177. The zero-order chi connectivity index (χ0) is 30.2. The van der Waals surface area contributed by atoms with E-state index < -0.39 is 37.2 Å². The molecule has 3 aromatic rings. The van der Waals surface area contributed by atoms with E-state index in [0.29, 0.717) is 17.1 Å². The molecule has 3 aliphatic rings. The van der Waals surface area contributed by atoms with Crippen LogP contribution in [0.1, 0.15) is 19.3 Å². The highest BCUT2D eigenvalue weighted by Crippen LogP contribution is 2.41. The summed E-state index contributed by atoms with van der Waals surface area (Å²) in [6.07, 6.45) is 11.1. The molecule has 4 N–H and O–H groups in total. The third-order valence-corrected chi connectivity index (χ3v) is 10.5. The summed E-state index contributed by atoms with van der Waals surface area (Å²) in [5.41, 5.74) is 6.06. The van der Waals surface area contributed by atoms with Gasteiger partial charge in [-0.15, -0.1) is 0 Å². The van der Waals surface area contributed by atoms with Gasteiger partial charge in [0.2, 0.25) is 20.7 Å². The number of nitrogens with zero attached hydrogens (tertiary/aromatic N) is 3. The SMILES string of the molecule is NC(=O)C1C=CC=CC1(Oc1cnc2[nH]ccc2c1)S(=O)(=O)c1ccc(NC2CCN(C3CCOC3)CC2)c([N+](=O)[O-])c1. The number of hydrogen-bond donors (Lipinski definition) is 3. The number of benzene rings is 1. The number of nitrogens with one attached hydrogen (secondary N) is 2. The molecule has 2 aromatic heterocycles. The molecule has 0 bridgehead atoms. The Bertz CT molecular complexity index is 1710. The van der Waals surface area contributed by atoms with Crippen molar-refractivity contribution < 1.29 is 27.6 Å². The van der Waals surface area contributed by atoms with Crippen molar-refractivity contribution in [2.24, 2.45) is 11.7 Å². The van der Waals surface area contributed by atoms with E-state index in [4.69, 9.17) is 15.2 Å². The number of rotatable bonds is 9. The van der Waals surface area contributed by atoms with Crippen LogP contribution in [-0.2, 0) is 19.4 Å². The standard InChI is InChI=1S/C29H32N6O7S/c30-27(36)24-3-1-2-10-29(24,42-22-15-19-6-11-31-28(19)32-17-22)43(39,40)23-4-5-25(26(16-23)35(37)38)33-20-7-12-34(13-8-20)21-9-14-41-18-21/h1-6,10-11,15-17,20-21,24,33H,7-9,12-14,18H2,(H2,30,36)(H,31,32). The third-order valence-electron chi connectivity index (χ3n) is 8.34. The Balaban J connectivity index is 1.31. The van der Waals surface area contributed by atoms with Crippen LogP contribution in [0.25, 0.3) is 11.0 Å². The Morgan fingerprint density at radius 2 is 2.02 bits per heavy atom. The number of amides is 1. The fourth-order valence-electron chi connectivity index (χ4n) is 6.04. The number of fused-ring (bicyclic) bond motifs is 1. The van der Waals surface area contributed by atoms with Crippen molar-refractivity contribution in [3.05, 3.63) is 77.1 Å². The molecule has 2 aliphatic heterocycles. The van der Waals surface area contributed by atoms with E-state index in [1.807, 2.05) is 0 Å². The van der Waals surface area contributed by atoms with Crippen LogP contribution in [-0.4, -0.2) is 77.4 Å². The molecular weight excluding hydrogens is 576 g/mol. The zero-order valence-corrected chi connectivity index (χ0v) is 24.0. The fraction of sp³-hybridized carbons (Fsp3) is 0.379. The molecule has 2 fully saturated rings. The van der Waals surface area contributed by atoms with Crippen LogP contribution in [0.15, 0.2) is 71.9 Å². The number of anilines is 1. The number of nitro groups is 1. The Morgan fingerprint density at radius 3 is 2.74 bits per heavy atom.